The van der Waals surface area contributed by atoms with Crippen molar-refractivity contribution in [1.82, 2.24) is 19.4 Å². The summed E-state index contributed by atoms with van der Waals surface area (Å²) in [4.78, 5) is 24.3. The van der Waals surface area contributed by atoms with Crippen LogP contribution in [-0.4, -0.2) is 52.7 Å². The van der Waals surface area contributed by atoms with E-state index in [9.17, 15) is 4.79 Å². The zero-order chi connectivity index (χ0) is 28.2. The first-order chi connectivity index (χ1) is 19.4. The second-order valence-electron chi connectivity index (χ2n) is 10.4. The number of benzene rings is 2. The molecule has 2 aromatic heterocycles. The maximum Gasteiger partial charge on any atom is 0.310 e. The molecule has 4 aromatic rings. The lowest BCUT2D eigenvalue weighted by Crippen LogP contribution is -2.26. The molecule has 0 atom stereocenters. The summed E-state index contributed by atoms with van der Waals surface area (Å²) >= 11 is 6.64. The Morgan fingerprint density at radius 1 is 1.18 bits per heavy atom. The molecule has 0 saturated carbocycles. The fourth-order valence-corrected chi connectivity index (χ4v) is 5.39. The summed E-state index contributed by atoms with van der Waals surface area (Å²) in [7, 11) is 3.79. The van der Waals surface area contributed by atoms with Crippen LogP contribution in [0.1, 0.15) is 43.4 Å². The van der Waals surface area contributed by atoms with Crippen molar-refractivity contribution >= 4 is 40.1 Å². The molecule has 3 heterocycles. The van der Waals surface area contributed by atoms with Crippen molar-refractivity contribution in [2.75, 3.05) is 32.6 Å². The maximum absolute atomic E-state index is 12.7. The molecular weight excluding hydrogens is 526 g/mol. The predicted molar refractivity (Wildman–Crippen MR) is 159 cm³/mol. The van der Waals surface area contributed by atoms with E-state index in [-0.39, 0.29) is 12.4 Å². The fourth-order valence-electron chi connectivity index (χ4n) is 5.21. The number of aromatic nitrogens is 3. The van der Waals surface area contributed by atoms with E-state index in [1.54, 1.807) is 13.3 Å². The number of hydrogen-bond acceptors (Lipinski definition) is 7. The third kappa shape index (κ3) is 5.93. The van der Waals surface area contributed by atoms with Crippen molar-refractivity contribution in [1.29, 1.82) is 0 Å². The van der Waals surface area contributed by atoms with Crippen LogP contribution in [0.3, 0.4) is 0 Å². The molecule has 0 saturated heterocycles. The lowest BCUT2D eigenvalue weighted by molar-refractivity contribution is -0.144. The maximum atomic E-state index is 12.7. The van der Waals surface area contributed by atoms with E-state index in [1.165, 1.54) is 11.1 Å². The Hall–Kier alpha value is -3.62. The van der Waals surface area contributed by atoms with Crippen molar-refractivity contribution in [2.24, 2.45) is 5.92 Å². The molecule has 210 valence electrons. The summed E-state index contributed by atoms with van der Waals surface area (Å²) in [5.41, 5.74) is 5.09. The summed E-state index contributed by atoms with van der Waals surface area (Å²) < 4.78 is 13.2. The first kappa shape index (κ1) is 27.9. The Kier molecular flexibility index (Phi) is 8.57. The number of rotatable bonds is 10. The highest BCUT2D eigenvalue weighted by atomic mass is 35.5. The average molecular weight is 562 g/mol. The second-order valence-corrected chi connectivity index (χ2v) is 10.8. The van der Waals surface area contributed by atoms with Crippen LogP contribution in [0.5, 0.6) is 5.75 Å². The molecule has 0 unspecified atom stereocenters. The van der Waals surface area contributed by atoms with Gasteiger partial charge in [-0.1, -0.05) is 56.5 Å². The standard InChI is InChI=1S/C31H36ClN5O3/c1-5-20(6-2)19-40-29(38)15-23-18-37(27-10-8-7-9-24(23)27)30-25(32)16-33-31(35-30)34-26-13-22-17-36(3)12-11-21(22)14-28(26)39-4/h7-10,13-14,16,18,20H,5-6,11-12,15,17,19H2,1-4H3,(H,33,34,35). The van der Waals surface area contributed by atoms with Crippen molar-refractivity contribution in [3.05, 3.63) is 70.5 Å². The Morgan fingerprint density at radius 3 is 2.75 bits per heavy atom. The van der Waals surface area contributed by atoms with E-state index in [0.29, 0.717) is 29.3 Å². The first-order valence-electron chi connectivity index (χ1n) is 13.8. The van der Waals surface area contributed by atoms with E-state index in [2.05, 4.69) is 48.2 Å². The smallest absolute Gasteiger partial charge is 0.310 e. The minimum Gasteiger partial charge on any atom is -0.495 e. The molecule has 40 heavy (non-hydrogen) atoms. The molecule has 1 N–H and O–H groups in total. The molecule has 0 amide bonds. The third-order valence-electron chi connectivity index (χ3n) is 7.69. The first-order valence-corrected chi connectivity index (χ1v) is 14.2. The normalized spacial score (nSPS) is 13.4. The number of para-hydroxylation sites is 1. The average Bonchev–Trinajstić information content (AvgIpc) is 3.32. The number of likely N-dealkylation sites (N-methyl/N-ethyl adjacent to an activating group) is 1. The number of hydrogen-bond donors (Lipinski definition) is 1. The van der Waals surface area contributed by atoms with Gasteiger partial charge in [0.25, 0.3) is 0 Å². The van der Waals surface area contributed by atoms with Gasteiger partial charge in [-0.25, -0.2) is 4.98 Å². The van der Waals surface area contributed by atoms with Gasteiger partial charge in [0.1, 0.15) is 10.8 Å². The number of nitrogens with one attached hydrogen (secondary N) is 1. The van der Waals surface area contributed by atoms with Crippen LogP contribution < -0.4 is 10.1 Å². The van der Waals surface area contributed by atoms with Crippen LogP contribution in [0, 0.1) is 5.92 Å². The highest BCUT2D eigenvalue weighted by Crippen LogP contribution is 2.34. The summed E-state index contributed by atoms with van der Waals surface area (Å²) in [6.07, 6.45) is 6.63. The van der Waals surface area contributed by atoms with Gasteiger partial charge in [0.15, 0.2) is 5.82 Å². The monoisotopic (exact) mass is 561 g/mol. The van der Waals surface area contributed by atoms with E-state index in [1.807, 2.05) is 35.0 Å². The molecule has 0 spiro atoms. The number of carbonyl (C=O) groups excluding carboxylic acids is 1. The van der Waals surface area contributed by atoms with Crippen LogP contribution in [0.25, 0.3) is 16.7 Å². The topological polar surface area (TPSA) is 81.5 Å². The van der Waals surface area contributed by atoms with Crippen molar-refractivity contribution in [2.45, 2.75) is 46.1 Å². The lowest BCUT2D eigenvalue weighted by Gasteiger charge is -2.26. The van der Waals surface area contributed by atoms with E-state index in [0.717, 1.165) is 60.3 Å². The summed E-state index contributed by atoms with van der Waals surface area (Å²) in [5, 5.41) is 4.69. The van der Waals surface area contributed by atoms with Crippen molar-refractivity contribution in [3.8, 4) is 11.6 Å². The van der Waals surface area contributed by atoms with Gasteiger partial charge >= 0.3 is 5.97 Å². The number of esters is 1. The fraction of sp³-hybridized carbons (Fsp3) is 0.387. The molecule has 1 aliphatic heterocycles. The number of anilines is 2. The molecule has 0 bridgehead atoms. The Bertz CT molecular complexity index is 1510. The van der Waals surface area contributed by atoms with Crippen molar-refractivity contribution in [3.63, 3.8) is 0 Å². The van der Waals surface area contributed by atoms with Crippen LogP contribution in [0.2, 0.25) is 5.02 Å². The number of carbonyl (C=O) groups is 1. The highest BCUT2D eigenvalue weighted by molar-refractivity contribution is 6.32. The predicted octanol–water partition coefficient (Wildman–Crippen LogP) is 6.34. The van der Waals surface area contributed by atoms with E-state index in [4.69, 9.17) is 26.1 Å². The zero-order valence-corrected chi connectivity index (χ0v) is 24.3. The largest absolute Gasteiger partial charge is 0.495 e. The molecule has 9 heteroatoms. The van der Waals surface area contributed by atoms with Crippen molar-refractivity contribution < 1.29 is 14.3 Å². The van der Waals surface area contributed by atoms with Gasteiger partial charge in [-0.2, -0.15) is 4.98 Å². The van der Waals surface area contributed by atoms with E-state index < -0.39 is 0 Å². The number of nitrogens with zero attached hydrogens (tertiary/aromatic N) is 4. The van der Waals surface area contributed by atoms with E-state index >= 15 is 0 Å². The molecule has 0 fully saturated rings. The summed E-state index contributed by atoms with van der Waals surface area (Å²) in [6, 6.07) is 12.1. The lowest BCUT2D eigenvalue weighted by atomic mass is 9.99. The second kappa shape index (κ2) is 12.3. The number of fused-ring (bicyclic) bond motifs is 2. The Morgan fingerprint density at radius 2 is 1.98 bits per heavy atom. The van der Waals surface area contributed by atoms with Gasteiger partial charge < -0.3 is 19.7 Å². The van der Waals surface area contributed by atoms with Crippen LogP contribution in [0.15, 0.2) is 48.8 Å². The molecule has 2 aromatic carbocycles. The molecular formula is C31H36ClN5O3. The SMILES string of the molecule is CCC(CC)COC(=O)Cc1cn(-c2nc(Nc3cc4c(cc3OC)CCN(C)C4)ncc2Cl)c2ccccc12. The molecule has 8 nitrogen and oxygen atoms in total. The Labute approximate surface area is 240 Å². The van der Waals surface area contributed by atoms with Gasteiger partial charge in [-0.3, -0.25) is 9.36 Å². The summed E-state index contributed by atoms with van der Waals surface area (Å²) in [5.74, 6) is 1.79. The van der Waals surface area contributed by atoms with Gasteiger partial charge in [-0.15, -0.1) is 0 Å². The number of methoxy groups -OCH3 is 1. The third-order valence-corrected chi connectivity index (χ3v) is 7.96. The summed E-state index contributed by atoms with van der Waals surface area (Å²) in [6.45, 7) is 6.57. The Balaban J connectivity index is 1.45. The van der Waals surface area contributed by atoms with Gasteiger partial charge in [0, 0.05) is 24.7 Å². The molecule has 5 rings (SSSR count). The minimum atomic E-state index is -0.240. The quantitative estimate of drug-likeness (QED) is 0.226. The van der Waals surface area contributed by atoms with Crippen LogP contribution >= 0.6 is 11.6 Å². The van der Waals surface area contributed by atoms with Gasteiger partial charge in [-0.05, 0) is 54.3 Å². The zero-order valence-electron chi connectivity index (χ0n) is 23.5. The minimum absolute atomic E-state index is 0.169. The van der Waals surface area contributed by atoms with Crippen LogP contribution in [-0.2, 0) is 28.9 Å². The molecule has 1 aliphatic rings. The number of halogens is 1. The highest BCUT2D eigenvalue weighted by Gasteiger charge is 2.20. The van der Waals surface area contributed by atoms with Gasteiger partial charge in [0.2, 0.25) is 5.95 Å². The molecule has 0 radical (unpaired) electrons. The van der Waals surface area contributed by atoms with Crippen LogP contribution in [0.4, 0.5) is 11.6 Å². The number of ether oxygens (including phenoxy) is 2. The van der Waals surface area contributed by atoms with Gasteiger partial charge in [0.05, 0.1) is 37.5 Å². The molecule has 0 aliphatic carbocycles.